The van der Waals surface area contributed by atoms with Gasteiger partial charge in [-0.3, -0.25) is 0 Å². The van der Waals surface area contributed by atoms with Gasteiger partial charge in [0.2, 0.25) is 0 Å². The number of rotatable bonds is 7. The second-order valence-electron chi connectivity index (χ2n) is 5.86. The van der Waals surface area contributed by atoms with Crippen LogP contribution in [0.2, 0.25) is 0 Å². The molecule has 1 saturated carbocycles. The van der Waals surface area contributed by atoms with Crippen LogP contribution in [0.3, 0.4) is 0 Å². The minimum Gasteiger partial charge on any atom is -0.322 e. The van der Waals surface area contributed by atoms with Crippen LogP contribution < -0.4 is 11.1 Å². The lowest BCUT2D eigenvalue weighted by Crippen LogP contribution is -2.27. The first-order valence-electron chi connectivity index (χ1n) is 8.12. The van der Waals surface area contributed by atoms with Crippen molar-refractivity contribution in [2.24, 2.45) is 11.7 Å². The van der Waals surface area contributed by atoms with Crippen LogP contribution >= 0.6 is 0 Å². The van der Waals surface area contributed by atoms with Crippen LogP contribution in [-0.4, -0.2) is 25.9 Å². The van der Waals surface area contributed by atoms with Gasteiger partial charge in [-0.25, -0.2) is 0 Å². The van der Waals surface area contributed by atoms with E-state index in [0.717, 1.165) is 38.0 Å². The molecule has 0 heterocycles. The Hall–Kier alpha value is -1.19. The number of aryl methyl sites for hydroxylation is 1. The van der Waals surface area contributed by atoms with E-state index >= 15 is 0 Å². The van der Waals surface area contributed by atoms with Crippen molar-refractivity contribution in [1.82, 2.24) is 5.32 Å². The van der Waals surface area contributed by atoms with Crippen LogP contribution in [-0.2, 0) is 17.6 Å². The topological polar surface area (TPSA) is 55.1 Å². The number of carbonyl (C=O) groups excluding carboxylic acids is 1. The van der Waals surface area contributed by atoms with Gasteiger partial charge in [0.1, 0.15) is 6.29 Å². The van der Waals surface area contributed by atoms with Crippen molar-refractivity contribution in [3.63, 3.8) is 0 Å². The van der Waals surface area contributed by atoms with Crippen LogP contribution in [0.25, 0.3) is 0 Å². The number of likely N-dealkylation sites (N-methyl/N-ethyl adjacent to an activating group) is 1. The highest BCUT2D eigenvalue weighted by molar-refractivity contribution is 5.56. The number of hydrogen-bond acceptors (Lipinski definition) is 3. The SMILES string of the molecule is CCc1ccc(CCNC)cc1.NC(C=O)CC1CCC1. The summed E-state index contributed by atoms with van der Waals surface area (Å²) in [6.07, 6.45) is 7.90. The summed E-state index contributed by atoms with van der Waals surface area (Å²) in [4.78, 5) is 10.1. The Bertz CT molecular complexity index is 385. The number of carbonyl (C=O) groups is 1. The molecular formula is C18H30N2O. The van der Waals surface area contributed by atoms with Crippen molar-refractivity contribution < 1.29 is 4.79 Å². The summed E-state index contributed by atoms with van der Waals surface area (Å²) in [5.41, 5.74) is 8.25. The van der Waals surface area contributed by atoms with Gasteiger partial charge in [0.15, 0.2) is 0 Å². The summed E-state index contributed by atoms with van der Waals surface area (Å²) >= 11 is 0. The zero-order chi connectivity index (χ0) is 15.5. The molecule has 0 aliphatic heterocycles. The Morgan fingerprint density at radius 2 is 1.90 bits per heavy atom. The zero-order valence-corrected chi connectivity index (χ0v) is 13.5. The van der Waals surface area contributed by atoms with Gasteiger partial charge in [-0.2, -0.15) is 0 Å². The Kier molecular flexibility index (Phi) is 8.95. The Labute approximate surface area is 129 Å². The molecule has 1 aliphatic carbocycles. The first-order valence-corrected chi connectivity index (χ1v) is 8.12. The molecule has 0 radical (unpaired) electrons. The Morgan fingerprint density at radius 1 is 1.29 bits per heavy atom. The number of benzene rings is 1. The molecule has 0 bridgehead atoms. The van der Waals surface area contributed by atoms with E-state index in [0.29, 0.717) is 0 Å². The van der Waals surface area contributed by atoms with Gasteiger partial charge >= 0.3 is 0 Å². The molecule has 3 heteroatoms. The van der Waals surface area contributed by atoms with E-state index in [1.165, 1.54) is 30.4 Å². The second kappa shape index (κ2) is 10.5. The average molecular weight is 290 g/mol. The van der Waals surface area contributed by atoms with Crippen molar-refractivity contribution in [3.05, 3.63) is 35.4 Å². The van der Waals surface area contributed by atoms with Crippen LogP contribution in [0, 0.1) is 5.92 Å². The molecule has 0 amide bonds. The molecule has 1 unspecified atom stereocenters. The first-order chi connectivity index (χ1) is 10.2. The Morgan fingerprint density at radius 3 is 2.33 bits per heavy atom. The molecule has 3 nitrogen and oxygen atoms in total. The third kappa shape index (κ3) is 7.39. The molecule has 1 aromatic rings. The predicted molar refractivity (Wildman–Crippen MR) is 89.4 cm³/mol. The molecule has 118 valence electrons. The lowest BCUT2D eigenvalue weighted by Gasteiger charge is -2.26. The minimum absolute atomic E-state index is 0.199. The van der Waals surface area contributed by atoms with Gasteiger partial charge in [-0.1, -0.05) is 50.5 Å². The molecule has 0 spiro atoms. The van der Waals surface area contributed by atoms with E-state index in [9.17, 15) is 4.79 Å². The van der Waals surface area contributed by atoms with Crippen molar-refractivity contribution in [2.45, 2.75) is 51.5 Å². The summed E-state index contributed by atoms with van der Waals surface area (Å²) in [7, 11) is 1.99. The predicted octanol–water partition coefficient (Wildman–Crippen LogP) is 2.71. The van der Waals surface area contributed by atoms with Crippen molar-refractivity contribution >= 4 is 6.29 Å². The van der Waals surface area contributed by atoms with Crippen LogP contribution in [0.5, 0.6) is 0 Å². The molecular weight excluding hydrogens is 260 g/mol. The fourth-order valence-corrected chi connectivity index (χ4v) is 2.38. The summed E-state index contributed by atoms with van der Waals surface area (Å²) in [5.74, 6) is 0.755. The van der Waals surface area contributed by atoms with E-state index < -0.39 is 0 Å². The lowest BCUT2D eigenvalue weighted by atomic mass is 9.81. The normalized spacial score (nSPS) is 15.6. The van der Waals surface area contributed by atoms with Gasteiger partial charge < -0.3 is 15.8 Å². The van der Waals surface area contributed by atoms with Crippen LogP contribution in [0.15, 0.2) is 24.3 Å². The molecule has 1 fully saturated rings. The molecule has 1 aromatic carbocycles. The van der Waals surface area contributed by atoms with E-state index in [-0.39, 0.29) is 6.04 Å². The summed E-state index contributed by atoms with van der Waals surface area (Å²) in [6, 6.07) is 8.66. The van der Waals surface area contributed by atoms with Gasteiger partial charge in [0, 0.05) is 0 Å². The second-order valence-corrected chi connectivity index (χ2v) is 5.86. The quantitative estimate of drug-likeness (QED) is 0.759. The number of nitrogens with two attached hydrogens (primary N) is 1. The van der Waals surface area contributed by atoms with Crippen LogP contribution in [0.1, 0.15) is 43.7 Å². The van der Waals surface area contributed by atoms with E-state index in [1.54, 1.807) is 0 Å². The Balaban J connectivity index is 0.000000219. The maximum Gasteiger partial charge on any atom is 0.136 e. The largest absolute Gasteiger partial charge is 0.322 e. The number of aldehydes is 1. The van der Waals surface area contributed by atoms with Crippen molar-refractivity contribution in [2.75, 3.05) is 13.6 Å². The first kappa shape index (κ1) is 17.9. The van der Waals surface area contributed by atoms with Crippen molar-refractivity contribution in [3.8, 4) is 0 Å². The van der Waals surface area contributed by atoms with Gasteiger partial charge in [-0.15, -0.1) is 0 Å². The highest BCUT2D eigenvalue weighted by Gasteiger charge is 2.19. The third-order valence-corrected chi connectivity index (χ3v) is 4.10. The number of nitrogens with one attached hydrogen (secondary N) is 1. The maximum absolute atomic E-state index is 10.1. The van der Waals surface area contributed by atoms with E-state index in [4.69, 9.17) is 5.73 Å². The van der Waals surface area contributed by atoms with E-state index in [1.807, 2.05) is 7.05 Å². The number of hydrogen-bond donors (Lipinski definition) is 2. The summed E-state index contributed by atoms with van der Waals surface area (Å²) in [5, 5.41) is 3.14. The minimum atomic E-state index is -0.199. The maximum atomic E-state index is 10.1. The fraction of sp³-hybridized carbons (Fsp3) is 0.611. The molecule has 0 saturated heterocycles. The zero-order valence-electron chi connectivity index (χ0n) is 13.5. The monoisotopic (exact) mass is 290 g/mol. The van der Waals surface area contributed by atoms with Gasteiger partial charge in [-0.05, 0) is 49.9 Å². The van der Waals surface area contributed by atoms with Crippen LogP contribution in [0.4, 0.5) is 0 Å². The molecule has 0 aromatic heterocycles. The molecule has 3 N–H and O–H groups in total. The summed E-state index contributed by atoms with van der Waals surface area (Å²) < 4.78 is 0. The molecule has 1 aliphatic rings. The third-order valence-electron chi connectivity index (χ3n) is 4.10. The lowest BCUT2D eigenvalue weighted by molar-refractivity contribution is -0.109. The fourth-order valence-electron chi connectivity index (χ4n) is 2.38. The van der Waals surface area contributed by atoms with Gasteiger partial charge in [0.25, 0.3) is 0 Å². The highest BCUT2D eigenvalue weighted by atomic mass is 16.1. The van der Waals surface area contributed by atoms with E-state index in [2.05, 4.69) is 36.5 Å². The standard InChI is InChI=1S/C11H17N.C7H13NO/c1-3-10-4-6-11(7-5-10)8-9-12-2;8-7(5-9)4-6-2-1-3-6/h4-7,12H,3,8-9H2,1-2H3;5-7H,1-4,8H2. The summed E-state index contributed by atoms with van der Waals surface area (Å²) in [6.45, 7) is 3.24. The van der Waals surface area contributed by atoms with Crippen molar-refractivity contribution in [1.29, 1.82) is 0 Å². The van der Waals surface area contributed by atoms with Gasteiger partial charge in [0.05, 0.1) is 6.04 Å². The molecule has 21 heavy (non-hydrogen) atoms. The molecule has 1 atom stereocenters. The molecule has 2 rings (SSSR count). The average Bonchev–Trinajstić information content (AvgIpc) is 2.49. The highest BCUT2D eigenvalue weighted by Crippen LogP contribution is 2.29. The smallest absolute Gasteiger partial charge is 0.136 e.